The molecule has 0 atom stereocenters. The topological polar surface area (TPSA) is 38.7 Å². The molecule has 3 aromatic carbocycles. The van der Waals surface area contributed by atoms with Crippen molar-refractivity contribution in [2.45, 2.75) is 13.5 Å². The zero-order valence-electron chi connectivity index (χ0n) is 16.7. The summed E-state index contributed by atoms with van der Waals surface area (Å²) < 4.78 is 8.61. The summed E-state index contributed by atoms with van der Waals surface area (Å²) in [6, 6.07) is 30.5. The second-order valence-electron chi connectivity index (χ2n) is 6.20. The van der Waals surface area contributed by atoms with Crippen LogP contribution >= 0.6 is 0 Å². The van der Waals surface area contributed by atoms with E-state index in [4.69, 9.17) is 9.73 Å². The van der Waals surface area contributed by atoms with Gasteiger partial charge in [0.1, 0.15) is 0 Å². The van der Waals surface area contributed by atoms with Gasteiger partial charge in [0.15, 0.2) is 0 Å². The van der Waals surface area contributed by atoms with Gasteiger partial charge in [0.05, 0.1) is 0 Å². The summed E-state index contributed by atoms with van der Waals surface area (Å²) in [6.45, 7) is 2.72. The first-order valence-corrected chi connectivity index (χ1v) is 13.2. The Morgan fingerprint density at radius 3 is 2.03 bits per heavy atom. The maximum atomic E-state index is 12.9. The molecule has 0 fully saturated rings. The van der Waals surface area contributed by atoms with Crippen LogP contribution in [0.25, 0.3) is 0 Å². The summed E-state index contributed by atoms with van der Waals surface area (Å²) in [5.74, 6) is -0.292. The van der Waals surface area contributed by atoms with Gasteiger partial charge >= 0.3 is 191 Å². The van der Waals surface area contributed by atoms with Gasteiger partial charge in [-0.2, -0.15) is 0 Å². The number of nitrogens with zero attached hydrogens (tertiary/aromatic N) is 1. The first-order chi connectivity index (χ1) is 14.8. The minimum absolute atomic E-state index is 0.0175. The van der Waals surface area contributed by atoms with E-state index in [1.165, 1.54) is 8.92 Å². The van der Waals surface area contributed by atoms with Crippen LogP contribution in [0.2, 0.25) is 0 Å². The molecule has 0 aromatic heterocycles. The number of carbonyl (C=O) groups is 1. The fraction of sp³-hybridized carbons (Fsp3) is 0.120. The van der Waals surface area contributed by atoms with Crippen LogP contribution in [0.3, 0.4) is 0 Å². The molecular weight excluding hydrogens is 504 g/mol. The van der Waals surface area contributed by atoms with Gasteiger partial charge in [-0.25, -0.2) is 0 Å². The molecule has 0 radical (unpaired) electrons. The fourth-order valence-electron chi connectivity index (χ4n) is 2.54. The van der Waals surface area contributed by atoms with Crippen LogP contribution in [0.1, 0.15) is 12.5 Å². The van der Waals surface area contributed by atoms with E-state index < -0.39 is 0 Å². The van der Waals surface area contributed by atoms with Crippen molar-refractivity contribution < 1.29 is 9.53 Å². The number of hydrogen-bond donors (Lipinski definition) is 0. The Bertz CT molecular complexity index is 987. The molecule has 152 valence electrons. The summed E-state index contributed by atoms with van der Waals surface area (Å²) in [5, 5.41) is 0. The summed E-state index contributed by atoms with van der Waals surface area (Å²) in [6.07, 6.45) is 0. The molecule has 0 N–H and O–H groups in total. The minimum atomic E-state index is -0.292. The molecule has 0 bridgehead atoms. The van der Waals surface area contributed by atoms with Gasteiger partial charge in [-0.05, 0) is 0 Å². The monoisotopic (exact) mass is 529 g/mol. The molecule has 0 spiro atoms. The van der Waals surface area contributed by atoms with Crippen LogP contribution in [-0.4, -0.2) is 47.1 Å². The Hall–Kier alpha value is -2.42. The normalized spacial score (nSPS) is 11.9. The van der Waals surface area contributed by atoms with Crippen molar-refractivity contribution in [3.8, 4) is 0 Å². The van der Waals surface area contributed by atoms with Gasteiger partial charge in [-0.1, -0.05) is 0 Å². The first kappa shape index (κ1) is 22.3. The average Bonchev–Trinajstić information content (AvgIpc) is 2.79. The van der Waals surface area contributed by atoms with Crippen LogP contribution in [-0.2, 0) is 16.1 Å². The Morgan fingerprint density at radius 2 is 1.43 bits per heavy atom. The summed E-state index contributed by atoms with van der Waals surface area (Å²) >= 11 is -0.0783. The van der Waals surface area contributed by atoms with Crippen LogP contribution in [0.5, 0.6) is 0 Å². The first-order valence-electron chi connectivity index (χ1n) is 9.67. The Balaban J connectivity index is 1.94. The van der Waals surface area contributed by atoms with Crippen LogP contribution in [0.4, 0.5) is 0 Å². The molecule has 3 rings (SSSR count). The number of hydrogen-bond acceptors (Lipinski definition) is 3. The van der Waals surface area contributed by atoms with E-state index in [2.05, 4.69) is 36.4 Å². The standard InChI is InChI=1S/C25H23NO2Se2/c1-2-28-25(27)23(19-29-21-14-8-4-9-15-21)24(30-22-16-10-5-11-17-22)26-18-20-12-6-3-7-13-20/h3-17,19H,2,18H2,1H3/b23-19-,26-24?. The molecule has 0 aliphatic rings. The molecule has 5 heteroatoms. The number of rotatable bonds is 9. The Labute approximate surface area is 190 Å². The third-order valence-electron chi connectivity index (χ3n) is 3.99. The van der Waals surface area contributed by atoms with Crippen LogP contribution in [0, 0.1) is 0 Å². The molecule has 3 nitrogen and oxygen atoms in total. The fourth-order valence-corrected chi connectivity index (χ4v) is 6.43. The SMILES string of the molecule is CCOC(=O)/C(=C\[Se]c1ccccc1)C(=NCc1ccccc1)[Se]c1ccccc1. The number of aliphatic imine (C=N–C) groups is 1. The Morgan fingerprint density at radius 1 is 0.867 bits per heavy atom. The molecule has 3 aromatic rings. The van der Waals surface area contributed by atoms with Gasteiger partial charge in [-0.3, -0.25) is 0 Å². The van der Waals surface area contributed by atoms with Gasteiger partial charge in [0.25, 0.3) is 0 Å². The van der Waals surface area contributed by atoms with E-state index in [0.717, 1.165) is 10.2 Å². The zero-order valence-corrected chi connectivity index (χ0v) is 20.2. The molecule has 0 aliphatic carbocycles. The summed E-state index contributed by atoms with van der Waals surface area (Å²) in [4.78, 5) is 19.8. The van der Waals surface area contributed by atoms with Crippen molar-refractivity contribution in [2.24, 2.45) is 4.99 Å². The van der Waals surface area contributed by atoms with E-state index in [0.29, 0.717) is 18.7 Å². The molecular formula is C25H23NO2Se2. The second-order valence-corrected chi connectivity index (χ2v) is 10.4. The molecule has 0 heterocycles. The van der Waals surface area contributed by atoms with Crippen molar-refractivity contribution in [3.05, 3.63) is 107 Å². The third kappa shape index (κ3) is 7.12. The summed E-state index contributed by atoms with van der Waals surface area (Å²) in [7, 11) is 0. The quantitative estimate of drug-likeness (QED) is 0.186. The molecule has 30 heavy (non-hydrogen) atoms. The van der Waals surface area contributed by atoms with Gasteiger partial charge in [-0.15, -0.1) is 0 Å². The van der Waals surface area contributed by atoms with E-state index in [1.54, 1.807) is 0 Å². The molecule has 0 aliphatic heterocycles. The molecule has 0 amide bonds. The zero-order chi connectivity index (χ0) is 21.0. The van der Waals surface area contributed by atoms with Gasteiger partial charge < -0.3 is 0 Å². The second kappa shape index (κ2) is 12.3. The maximum absolute atomic E-state index is 12.9. The van der Waals surface area contributed by atoms with E-state index in [1.807, 2.05) is 66.5 Å². The number of benzene rings is 3. The predicted octanol–water partition coefficient (Wildman–Crippen LogP) is 3.09. The summed E-state index contributed by atoms with van der Waals surface area (Å²) in [5.41, 5.74) is 1.72. The average molecular weight is 527 g/mol. The predicted molar refractivity (Wildman–Crippen MR) is 126 cm³/mol. The van der Waals surface area contributed by atoms with E-state index >= 15 is 0 Å². The van der Waals surface area contributed by atoms with Crippen molar-refractivity contribution in [1.29, 1.82) is 0 Å². The van der Waals surface area contributed by atoms with Crippen LogP contribution in [0.15, 0.2) is 107 Å². The van der Waals surface area contributed by atoms with E-state index in [9.17, 15) is 4.79 Å². The molecule has 0 saturated carbocycles. The third-order valence-corrected chi connectivity index (χ3v) is 8.07. The number of ether oxygens (including phenoxy) is 1. The van der Waals surface area contributed by atoms with Gasteiger partial charge in [0.2, 0.25) is 0 Å². The number of esters is 1. The van der Waals surface area contributed by atoms with Crippen molar-refractivity contribution >= 4 is 49.4 Å². The van der Waals surface area contributed by atoms with Gasteiger partial charge in [0, 0.05) is 0 Å². The van der Waals surface area contributed by atoms with Crippen molar-refractivity contribution in [1.82, 2.24) is 0 Å². The Kier molecular flexibility index (Phi) is 9.14. The molecule has 0 saturated heterocycles. The van der Waals surface area contributed by atoms with E-state index in [-0.39, 0.29) is 35.9 Å². The molecule has 0 unspecified atom stereocenters. The van der Waals surface area contributed by atoms with Crippen molar-refractivity contribution in [2.75, 3.05) is 6.61 Å². The van der Waals surface area contributed by atoms with Crippen molar-refractivity contribution in [3.63, 3.8) is 0 Å². The van der Waals surface area contributed by atoms with Crippen LogP contribution < -0.4 is 8.92 Å². The number of carbonyl (C=O) groups excluding carboxylic acids is 1.